The van der Waals surface area contributed by atoms with Crippen LogP contribution in [0.1, 0.15) is 168 Å². The number of unbranched alkanes of at least 4 members (excludes halogenated alkanes) is 20. The summed E-state index contributed by atoms with van der Waals surface area (Å²) >= 11 is 4.47. The molecule has 0 fully saturated rings. The van der Waals surface area contributed by atoms with Gasteiger partial charge in [0.2, 0.25) is 0 Å². The molecule has 0 aromatic carbocycles. The number of aliphatic hydroxyl groups excluding tert-OH is 2. The summed E-state index contributed by atoms with van der Waals surface area (Å²) in [5.74, 6) is 0.877. The van der Waals surface area contributed by atoms with Crippen molar-refractivity contribution < 1.29 is 61.7 Å². The molecule has 1 unspecified atom stereocenters. The smallest absolute Gasteiger partial charge is 0.338 e. The largest absolute Gasteiger partial charge is 0.394 e. The summed E-state index contributed by atoms with van der Waals surface area (Å²) in [5, 5.41) is 16.8. The third kappa shape index (κ3) is 58.4. The van der Waals surface area contributed by atoms with Crippen molar-refractivity contribution in [1.82, 2.24) is 0 Å². The molecule has 0 heterocycles. The first kappa shape index (κ1) is 68.1. The molecule has 0 aromatic heterocycles. The Balaban J connectivity index is 0. The summed E-state index contributed by atoms with van der Waals surface area (Å²) in [6, 6.07) is 2.09. The third-order valence-electron chi connectivity index (χ3n) is 10.8. The minimum absolute atomic E-state index is 0.0386. The Hall–Kier alpha value is 0.0469. The van der Waals surface area contributed by atoms with Gasteiger partial charge in [-0.25, -0.2) is 0 Å². The molecule has 0 radical (unpaired) electrons. The van der Waals surface area contributed by atoms with Crippen LogP contribution in [-0.4, -0.2) is 170 Å². The lowest BCUT2D eigenvalue weighted by Crippen LogP contribution is -2.43. The van der Waals surface area contributed by atoms with Crippen LogP contribution in [0.25, 0.3) is 0 Å². The Labute approximate surface area is 413 Å². The van der Waals surface area contributed by atoms with E-state index in [1.165, 1.54) is 135 Å². The van der Waals surface area contributed by atoms with E-state index in [1.54, 1.807) is 0 Å². The van der Waals surface area contributed by atoms with Crippen molar-refractivity contribution in [3.05, 3.63) is 0 Å². The first-order valence-electron chi connectivity index (χ1n) is 27.0. The summed E-state index contributed by atoms with van der Waals surface area (Å²) in [7, 11) is -2.23. The number of rotatable bonds is 58. The van der Waals surface area contributed by atoms with Gasteiger partial charge in [-0.1, -0.05) is 149 Å². The second-order valence-corrected chi connectivity index (χ2v) is 20.6. The molecule has 0 rings (SSSR count). The zero-order valence-corrected chi connectivity index (χ0v) is 45.2. The van der Waals surface area contributed by atoms with Gasteiger partial charge in [0.1, 0.15) is 0 Å². The average molecular weight is 990 g/mol. The van der Waals surface area contributed by atoms with Crippen LogP contribution in [0.5, 0.6) is 0 Å². The molecular weight excluding hydrogens is 881 g/mol. The Morgan fingerprint density at radius 3 is 0.879 bits per heavy atom. The molecule has 0 aliphatic heterocycles. The molecule has 0 amide bonds. The standard InChI is InChI=1S/C41H86O7SSi.C10H22O6/c1-4-7-9-11-13-15-17-19-21-23-25-28-42-29-30-43-31-32-44-33-34-45-35-36-46-37-38-48-50(47-6-3,41-27-39-49)40-26-24-22-20-18-16-14-12-10-8-5-2;11-1-3-13-5-7-15-9-10-16-8-6-14-4-2-12/h49H,4-41H2,1-3H3;11-12H,1-10H2. The highest BCUT2D eigenvalue weighted by atomic mass is 32.1. The van der Waals surface area contributed by atoms with Crippen LogP contribution in [0, 0.1) is 0 Å². The van der Waals surface area contributed by atoms with E-state index in [0.29, 0.717) is 126 Å². The van der Waals surface area contributed by atoms with Crippen molar-refractivity contribution in [2.24, 2.45) is 0 Å². The fourth-order valence-corrected chi connectivity index (χ4v) is 11.0. The highest BCUT2D eigenvalue weighted by molar-refractivity contribution is 7.80. The monoisotopic (exact) mass is 989 g/mol. The molecule has 15 heteroatoms. The first-order valence-corrected chi connectivity index (χ1v) is 29.8. The topological polar surface area (TPSA) is 142 Å². The molecule has 13 nitrogen and oxygen atoms in total. The van der Waals surface area contributed by atoms with Crippen molar-refractivity contribution in [3.8, 4) is 0 Å². The second kappa shape index (κ2) is 63.1. The number of ether oxygens (including phenoxy) is 9. The van der Waals surface area contributed by atoms with E-state index in [-0.39, 0.29) is 13.2 Å². The van der Waals surface area contributed by atoms with E-state index in [1.807, 2.05) is 0 Å². The van der Waals surface area contributed by atoms with Gasteiger partial charge in [-0.3, -0.25) is 0 Å². The van der Waals surface area contributed by atoms with Gasteiger partial charge in [-0.15, -0.1) is 0 Å². The van der Waals surface area contributed by atoms with Crippen molar-refractivity contribution in [2.45, 2.75) is 181 Å². The zero-order chi connectivity index (χ0) is 48.2. The molecule has 0 bridgehead atoms. The Morgan fingerprint density at radius 1 is 0.288 bits per heavy atom. The molecule has 66 heavy (non-hydrogen) atoms. The van der Waals surface area contributed by atoms with Crippen LogP contribution >= 0.6 is 12.6 Å². The predicted molar refractivity (Wildman–Crippen MR) is 276 cm³/mol. The predicted octanol–water partition coefficient (Wildman–Crippen LogP) is 10.5. The lowest BCUT2D eigenvalue weighted by Gasteiger charge is -2.30. The minimum atomic E-state index is -2.23. The summed E-state index contributed by atoms with van der Waals surface area (Å²) in [5.41, 5.74) is 0. The summed E-state index contributed by atoms with van der Waals surface area (Å²) in [4.78, 5) is 0. The van der Waals surface area contributed by atoms with E-state index in [4.69, 9.17) is 61.7 Å². The third-order valence-corrected chi connectivity index (χ3v) is 14.9. The van der Waals surface area contributed by atoms with Crippen LogP contribution in [0.3, 0.4) is 0 Å². The highest BCUT2D eigenvalue weighted by Gasteiger charge is 2.36. The van der Waals surface area contributed by atoms with Gasteiger partial charge in [-0.05, 0) is 37.6 Å². The van der Waals surface area contributed by atoms with E-state index in [9.17, 15) is 0 Å². The van der Waals surface area contributed by atoms with E-state index >= 15 is 0 Å². The molecule has 0 aliphatic carbocycles. The van der Waals surface area contributed by atoms with Gasteiger partial charge >= 0.3 is 8.56 Å². The Morgan fingerprint density at radius 2 is 0.561 bits per heavy atom. The van der Waals surface area contributed by atoms with Crippen LogP contribution in [0.4, 0.5) is 0 Å². The highest BCUT2D eigenvalue weighted by Crippen LogP contribution is 2.25. The van der Waals surface area contributed by atoms with Crippen LogP contribution < -0.4 is 0 Å². The van der Waals surface area contributed by atoms with E-state index < -0.39 is 8.56 Å². The van der Waals surface area contributed by atoms with Gasteiger partial charge in [0, 0.05) is 13.2 Å². The quantitative estimate of drug-likeness (QED) is 0.0303. The van der Waals surface area contributed by atoms with Gasteiger partial charge in [0.15, 0.2) is 0 Å². The van der Waals surface area contributed by atoms with Crippen molar-refractivity contribution in [1.29, 1.82) is 0 Å². The molecular formula is C51H108O13SSi. The number of hydrogen-bond acceptors (Lipinski definition) is 14. The summed E-state index contributed by atoms with van der Waals surface area (Å²) < 4.78 is 61.6. The fourth-order valence-electron chi connectivity index (χ4n) is 7.15. The zero-order valence-electron chi connectivity index (χ0n) is 43.3. The summed E-state index contributed by atoms with van der Waals surface area (Å²) in [6.45, 7) is 17.9. The van der Waals surface area contributed by atoms with E-state index in [2.05, 4.69) is 33.4 Å². The maximum atomic E-state index is 8.41. The molecule has 2 N–H and O–H groups in total. The van der Waals surface area contributed by atoms with Gasteiger partial charge < -0.3 is 61.7 Å². The van der Waals surface area contributed by atoms with Crippen LogP contribution in [-0.2, 0) is 51.5 Å². The average Bonchev–Trinajstić information content (AvgIpc) is 3.33. The van der Waals surface area contributed by atoms with Crippen molar-refractivity contribution in [3.63, 3.8) is 0 Å². The van der Waals surface area contributed by atoms with Crippen molar-refractivity contribution >= 4 is 21.2 Å². The van der Waals surface area contributed by atoms with Gasteiger partial charge in [0.05, 0.1) is 132 Å². The number of aliphatic hydroxyl groups is 2. The Kier molecular flexibility index (Phi) is 65.1. The molecule has 0 spiro atoms. The normalized spacial score (nSPS) is 12.5. The SMILES string of the molecule is CCCCCCCCCCCCCOCCOCCOCCOCCOCCO[Si](CCCS)(CCCCCCCCCCCCC)OCC.OCCOCCOCCOCCOCCO. The number of hydrogen-bond donors (Lipinski definition) is 3. The molecule has 0 saturated carbocycles. The molecule has 0 saturated heterocycles. The van der Waals surface area contributed by atoms with Gasteiger partial charge in [-0.2, -0.15) is 12.6 Å². The molecule has 0 aromatic rings. The lowest BCUT2D eigenvalue weighted by molar-refractivity contribution is -0.0137. The van der Waals surface area contributed by atoms with Crippen LogP contribution in [0.15, 0.2) is 0 Å². The molecule has 400 valence electrons. The maximum absolute atomic E-state index is 8.41. The number of thiol groups is 1. The maximum Gasteiger partial charge on any atom is 0.338 e. The van der Waals surface area contributed by atoms with Crippen LogP contribution in [0.2, 0.25) is 12.1 Å². The minimum Gasteiger partial charge on any atom is -0.394 e. The van der Waals surface area contributed by atoms with E-state index in [0.717, 1.165) is 37.3 Å². The molecule has 0 aliphatic rings. The van der Waals surface area contributed by atoms with Crippen molar-refractivity contribution in [2.75, 3.05) is 151 Å². The molecule has 1 atom stereocenters. The van der Waals surface area contributed by atoms with Gasteiger partial charge in [0.25, 0.3) is 0 Å². The first-order chi connectivity index (χ1) is 32.7. The Bertz CT molecular complexity index is 830. The fraction of sp³-hybridized carbons (Fsp3) is 1.00. The second-order valence-electron chi connectivity index (χ2n) is 16.8. The summed E-state index contributed by atoms with van der Waals surface area (Å²) in [6.07, 6.45) is 30.9. The lowest BCUT2D eigenvalue weighted by atomic mass is 10.1.